The van der Waals surface area contributed by atoms with Crippen LogP contribution in [0.15, 0.2) is 47.4 Å². The minimum Gasteiger partial charge on any atom is -0.496 e. The van der Waals surface area contributed by atoms with Crippen molar-refractivity contribution >= 4 is 15.9 Å². The molecule has 1 saturated heterocycles. The Morgan fingerprint density at radius 3 is 2.52 bits per heavy atom. The average Bonchev–Trinajstić information content (AvgIpc) is 3.09. The zero-order valence-electron chi connectivity index (χ0n) is 19.0. The first kappa shape index (κ1) is 23.4. The fourth-order valence-corrected chi connectivity index (χ4v) is 5.73. The highest BCUT2D eigenvalue weighted by Crippen LogP contribution is 2.34. The summed E-state index contributed by atoms with van der Waals surface area (Å²) >= 11 is 0. The fraction of sp³-hybridized carbons (Fsp3) is 0.458. The Hall–Kier alpha value is -2.78. The molecule has 1 unspecified atom stereocenters. The number of para-hydroxylation sites is 1. The van der Waals surface area contributed by atoms with E-state index in [4.69, 9.17) is 14.2 Å². The van der Waals surface area contributed by atoms with Gasteiger partial charge in [-0.25, -0.2) is 8.42 Å². The van der Waals surface area contributed by atoms with Crippen LogP contribution in [0.2, 0.25) is 0 Å². The number of fused-ring (bicyclic) bond motifs is 1. The highest BCUT2D eigenvalue weighted by molar-refractivity contribution is 7.89. The van der Waals surface area contributed by atoms with E-state index < -0.39 is 10.0 Å². The molecular weight excluding hydrogens is 444 g/mol. The minimum absolute atomic E-state index is 0.0685. The number of carbonyl (C=O) groups excluding carboxylic acids is 1. The number of nitrogens with zero attached hydrogens (tertiary/aromatic N) is 1. The van der Waals surface area contributed by atoms with E-state index in [0.29, 0.717) is 37.6 Å². The molecule has 1 fully saturated rings. The van der Waals surface area contributed by atoms with Crippen LogP contribution >= 0.6 is 0 Å². The predicted molar refractivity (Wildman–Crippen MR) is 123 cm³/mol. The van der Waals surface area contributed by atoms with Crippen LogP contribution in [0.3, 0.4) is 0 Å². The molecule has 0 saturated carbocycles. The van der Waals surface area contributed by atoms with E-state index in [1.807, 2.05) is 31.2 Å². The van der Waals surface area contributed by atoms with Crippen LogP contribution in [0.5, 0.6) is 17.2 Å². The Balaban J connectivity index is 1.38. The molecule has 0 bridgehead atoms. The molecule has 2 aliphatic heterocycles. The summed E-state index contributed by atoms with van der Waals surface area (Å²) in [6.45, 7) is 3.53. The number of benzene rings is 2. The molecule has 2 heterocycles. The smallest absolute Gasteiger partial charge is 0.243 e. The first-order valence-electron chi connectivity index (χ1n) is 11.2. The summed E-state index contributed by atoms with van der Waals surface area (Å²) in [4.78, 5) is 13.0. The highest BCUT2D eigenvalue weighted by atomic mass is 32.2. The van der Waals surface area contributed by atoms with Gasteiger partial charge in [-0.1, -0.05) is 18.2 Å². The number of hydrogen-bond acceptors (Lipinski definition) is 6. The molecule has 0 radical (unpaired) electrons. The first-order valence-corrected chi connectivity index (χ1v) is 12.7. The lowest BCUT2D eigenvalue weighted by atomic mass is 9.96. The number of piperidine rings is 1. The van der Waals surface area contributed by atoms with Gasteiger partial charge in [0.25, 0.3) is 0 Å². The largest absolute Gasteiger partial charge is 0.496 e. The summed E-state index contributed by atoms with van der Waals surface area (Å²) in [5, 5.41) is 3.05. The number of hydrogen-bond donors (Lipinski definition) is 1. The number of sulfonamides is 1. The first-order chi connectivity index (χ1) is 15.9. The summed E-state index contributed by atoms with van der Waals surface area (Å²) in [5.74, 6) is 1.43. The maximum Gasteiger partial charge on any atom is 0.243 e. The molecule has 1 atom stereocenters. The Morgan fingerprint density at radius 2 is 1.79 bits per heavy atom. The Labute approximate surface area is 194 Å². The maximum atomic E-state index is 13.2. The van der Waals surface area contributed by atoms with Crippen molar-refractivity contribution in [3.05, 3.63) is 48.0 Å². The van der Waals surface area contributed by atoms with Crippen molar-refractivity contribution < 1.29 is 27.4 Å². The molecule has 33 heavy (non-hydrogen) atoms. The van der Waals surface area contributed by atoms with Gasteiger partial charge in [-0.2, -0.15) is 4.31 Å². The quantitative estimate of drug-likeness (QED) is 0.691. The summed E-state index contributed by atoms with van der Waals surface area (Å²) in [6.07, 6.45) is 1.69. The third kappa shape index (κ3) is 5.09. The van der Waals surface area contributed by atoms with Gasteiger partial charge >= 0.3 is 0 Å². The second-order valence-corrected chi connectivity index (χ2v) is 10.2. The van der Waals surface area contributed by atoms with Crippen molar-refractivity contribution in [2.75, 3.05) is 33.4 Å². The molecule has 1 N–H and O–H groups in total. The Morgan fingerprint density at radius 1 is 1.09 bits per heavy atom. The molecule has 8 nitrogen and oxygen atoms in total. The molecule has 2 aromatic rings. The standard InChI is InChI=1S/C24H30N2O6S/c1-17(20-6-3-4-7-21(20)30-2)25-24(27)18-10-12-26(13-11-18)33(28,29)19-8-9-22-23(16-19)32-15-5-14-31-22/h3-4,6-9,16-18H,5,10-15H2,1-2H3,(H,25,27). The van der Waals surface area contributed by atoms with E-state index >= 15 is 0 Å². The SMILES string of the molecule is COc1ccccc1C(C)NC(=O)C1CCN(S(=O)(=O)c2ccc3c(c2)OCCCO3)CC1. The number of ether oxygens (including phenoxy) is 3. The van der Waals surface area contributed by atoms with E-state index in [2.05, 4.69) is 5.32 Å². The van der Waals surface area contributed by atoms with Crippen LogP contribution in [0.4, 0.5) is 0 Å². The lowest BCUT2D eigenvalue weighted by Crippen LogP contribution is -2.43. The third-order valence-corrected chi connectivity index (χ3v) is 8.04. The summed E-state index contributed by atoms with van der Waals surface area (Å²) < 4.78 is 44.4. The molecule has 0 aliphatic carbocycles. The number of amides is 1. The zero-order valence-corrected chi connectivity index (χ0v) is 19.8. The van der Waals surface area contributed by atoms with Gasteiger partial charge in [0.05, 0.1) is 31.3 Å². The van der Waals surface area contributed by atoms with Crippen LogP contribution < -0.4 is 19.5 Å². The molecule has 9 heteroatoms. The Bertz CT molecular complexity index is 1100. The lowest BCUT2D eigenvalue weighted by molar-refractivity contribution is -0.126. The topological polar surface area (TPSA) is 94.2 Å². The van der Waals surface area contributed by atoms with Gasteiger partial charge in [0.15, 0.2) is 11.5 Å². The summed E-state index contributed by atoms with van der Waals surface area (Å²) in [6, 6.07) is 12.1. The predicted octanol–water partition coefficient (Wildman–Crippen LogP) is 3.13. The van der Waals surface area contributed by atoms with Crippen molar-refractivity contribution in [1.29, 1.82) is 0 Å². The summed E-state index contributed by atoms with van der Waals surface area (Å²) in [7, 11) is -2.08. The van der Waals surface area contributed by atoms with E-state index in [1.165, 1.54) is 10.4 Å². The van der Waals surface area contributed by atoms with Crippen LogP contribution in [0.25, 0.3) is 0 Å². The molecular formula is C24H30N2O6S. The maximum absolute atomic E-state index is 13.2. The second kappa shape index (κ2) is 10.0. The van der Waals surface area contributed by atoms with Gasteiger partial charge in [-0.3, -0.25) is 4.79 Å². The van der Waals surface area contributed by atoms with Gasteiger partial charge in [0.2, 0.25) is 15.9 Å². The molecule has 0 spiro atoms. The lowest BCUT2D eigenvalue weighted by Gasteiger charge is -2.31. The van der Waals surface area contributed by atoms with Gasteiger partial charge in [0, 0.05) is 37.1 Å². The zero-order chi connectivity index (χ0) is 23.4. The van der Waals surface area contributed by atoms with Crippen molar-refractivity contribution in [2.45, 2.75) is 37.1 Å². The average molecular weight is 475 g/mol. The number of rotatable bonds is 6. The van der Waals surface area contributed by atoms with E-state index in [-0.39, 0.29) is 35.9 Å². The molecule has 1 amide bonds. The molecule has 0 aromatic heterocycles. The van der Waals surface area contributed by atoms with Crippen molar-refractivity contribution in [2.24, 2.45) is 5.92 Å². The van der Waals surface area contributed by atoms with Crippen LogP contribution in [-0.2, 0) is 14.8 Å². The molecule has 2 aliphatic rings. The number of methoxy groups -OCH3 is 1. The van der Waals surface area contributed by atoms with Crippen LogP contribution in [0.1, 0.15) is 37.8 Å². The highest BCUT2D eigenvalue weighted by Gasteiger charge is 2.33. The van der Waals surface area contributed by atoms with Crippen LogP contribution in [0, 0.1) is 5.92 Å². The van der Waals surface area contributed by atoms with E-state index in [9.17, 15) is 13.2 Å². The fourth-order valence-electron chi connectivity index (χ4n) is 4.24. The third-order valence-electron chi connectivity index (χ3n) is 6.15. The normalized spacial score (nSPS) is 18.2. The minimum atomic E-state index is -3.68. The van der Waals surface area contributed by atoms with Gasteiger partial charge < -0.3 is 19.5 Å². The van der Waals surface area contributed by atoms with Crippen molar-refractivity contribution in [3.63, 3.8) is 0 Å². The van der Waals surface area contributed by atoms with Crippen molar-refractivity contribution in [1.82, 2.24) is 9.62 Å². The van der Waals surface area contributed by atoms with Gasteiger partial charge in [-0.05, 0) is 38.0 Å². The molecule has 178 valence electrons. The van der Waals surface area contributed by atoms with E-state index in [1.54, 1.807) is 19.2 Å². The van der Waals surface area contributed by atoms with Crippen molar-refractivity contribution in [3.8, 4) is 17.2 Å². The molecule has 2 aromatic carbocycles. The van der Waals surface area contributed by atoms with Crippen LogP contribution in [-0.4, -0.2) is 52.0 Å². The van der Waals surface area contributed by atoms with Gasteiger partial charge in [-0.15, -0.1) is 0 Å². The van der Waals surface area contributed by atoms with Gasteiger partial charge in [0.1, 0.15) is 5.75 Å². The second-order valence-electron chi connectivity index (χ2n) is 8.31. The Kier molecular flexibility index (Phi) is 7.09. The summed E-state index contributed by atoms with van der Waals surface area (Å²) in [5.41, 5.74) is 0.905. The number of carbonyl (C=O) groups is 1. The number of nitrogens with one attached hydrogen (secondary N) is 1. The molecule has 4 rings (SSSR count). The monoisotopic (exact) mass is 474 g/mol. The van der Waals surface area contributed by atoms with E-state index in [0.717, 1.165) is 17.7 Å².